The van der Waals surface area contributed by atoms with Crippen molar-refractivity contribution in [2.45, 2.75) is 102 Å². The molecule has 54 heavy (non-hydrogen) atoms. The Labute approximate surface area is 308 Å². The molecule has 22 heteroatoms. The number of carbonyl (C=O) groups excluding carboxylic acids is 5. The van der Waals surface area contributed by atoms with Crippen LogP contribution in [0, 0.1) is 5.92 Å². The van der Waals surface area contributed by atoms with Crippen LogP contribution < -0.4 is 31.9 Å². The molecule has 0 bridgehead atoms. The molecular formula is C32H46N5O16P. The van der Waals surface area contributed by atoms with Gasteiger partial charge in [-0.25, -0.2) is 4.79 Å². The predicted molar refractivity (Wildman–Crippen MR) is 185 cm³/mol. The van der Waals surface area contributed by atoms with E-state index in [1.165, 1.54) is 19.1 Å². The number of carboxylic acid groups (broad SMARTS) is 4. The summed E-state index contributed by atoms with van der Waals surface area (Å²) in [5.74, 6) is -11.2. The minimum absolute atomic E-state index is 0.248. The lowest BCUT2D eigenvalue weighted by Crippen LogP contribution is -2.60. The molecular weight excluding hydrogens is 741 g/mol. The van der Waals surface area contributed by atoms with Crippen molar-refractivity contribution in [2.75, 3.05) is 0 Å². The van der Waals surface area contributed by atoms with Crippen molar-refractivity contribution in [1.29, 1.82) is 0 Å². The summed E-state index contributed by atoms with van der Waals surface area (Å²) < 4.78 is 11.5. The summed E-state index contributed by atoms with van der Waals surface area (Å²) in [5, 5.41) is 48.2. The molecule has 6 atom stereocenters. The van der Waals surface area contributed by atoms with E-state index in [4.69, 9.17) is 5.11 Å². The first-order valence-corrected chi connectivity index (χ1v) is 18.2. The van der Waals surface area contributed by atoms with E-state index in [2.05, 4.69) is 26.6 Å². The maximum atomic E-state index is 13.5. The summed E-state index contributed by atoms with van der Waals surface area (Å²) in [5.41, 5.74) is 0.328. The van der Waals surface area contributed by atoms with E-state index in [1.54, 1.807) is 6.92 Å². The van der Waals surface area contributed by atoms with E-state index in [9.17, 15) is 72.8 Å². The van der Waals surface area contributed by atoms with Gasteiger partial charge in [0.2, 0.25) is 29.5 Å². The van der Waals surface area contributed by atoms with Gasteiger partial charge in [-0.1, -0.05) is 32.4 Å². The van der Waals surface area contributed by atoms with Gasteiger partial charge in [-0.15, -0.1) is 0 Å². The van der Waals surface area contributed by atoms with E-state index < -0.39 is 136 Å². The Kier molecular flexibility index (Phi) is 19.0. The Morgan fingerprint density at radius 2 is 1.02 bits per heavy atom. The number of benzene rings is 1. The van der Waals surface area contributed by atoms with Crippen molar-refractivity contribution in [1.82, 2.24) is 26.6 Å². The fourth-order valence-corrected chi connectivity index (χ4v) is 5.41. The summed E-state index contributed by atoms with van der Waals surface area (Å²) in [6.07, 6.45) is -3.55. The normalized spacial score (nSPS) is 14.5. The van der Waals surface area contributed by atoms with Crippen LogP contribution in [-0.2, 0) is 54.1 Å². The highest BCUT2D eigenvalue weighted by atomic mass is 31.2. The monoisotopic (exact) mass is 787 g/mol. The lowest BCUT2D eigenvalue weighted by Gasteiger charge is -2.28. The van der Waals surface area contributed by atoms with E-state index >= 15 is 0 Å². The molecule has 0 aliphatic rings. The van der Waals surface area contributed by atoms with E-state index in [-0.39, 0.29) is 18.1 Å². The largest absolute Gasteiger partial charge is 0.481 e. The Morgan fingerprint density at radius 1 is 0.611 bits per heavy atom. The maximum Gasteiger partial charge on any atom is 0.356 e. The summed E-state index contributed by atoms with van der Waals surface area (Å²) in [6.45, 7) is 4.25. The first-order valence-electron chi connectivity index (χ1n) is 16.6. The van der Waals surface area contributed by atoms with Gasteiger partial charge in [-0.05, 0) is 42.9 Å². The maximum absolute atomic E-state index is 13.5. The van der Waals surface area contributed by atoms with Gasteiger partial charge >= 0.3 is 31.5 Å². The fourth-order valence-electron chi connectivity index (χ4n) is 4.88. The van der Waals surface area contributed by atoms with Crippen LogP contribution in [0.4, 0.5) is 0 Å². The van der Waals surface area contributed by atoms with Gasteiger partial charge < -0.3 is 56.8 Å². The van der Waals surface area contributed by atoms with Crippen LogP contribution in [0.3, 0.4) is 0 Å². The molecule has 0 aliphatic heterocycles. The molecule has 5 amide bonds. The van der Waals surface area contributed by atoms with Crippen molar-refractivity contribution in [3.8, 4) is 0 Å². The molecule has 1 aromatic carbocycles. The van der Waals surface area contributed by atoms with Crippen LogP contribution in [0.5, 0.6) is 0 Å². The quantitative estimate of drug-likeness (QED) is 0.0515. The van der Waals surface area contributed by atoms with Gasteiger partial charge in [0, 0.05) is 32.6 Å². The highest BCUT2D eigenvalue weighted by molar-refractivity contribution is 7.60. The number of carbonyl (C=O) groups is 9. The van der Waals surface area contributed by atoms with Gasteiger partial charge in [-0.2, -0.15) is 0 Å². The second-order valence-electron chi connectivity index (χ2n) is 12.4. The molecule has 0 radical (unpaired) electrons. The van der Waals surface area contributed by atoms with Crippen molar-refractivity contribution in [2.24, 2.45) is 5.92 Å². The molecule has 0 saturated carbocycles. The van der Waals surface area contributed by atoms with Crippen molar-refractivity contribution in [3.63, 3.8) is 0 Å². The molecule has 0 aliphatic carbocycles. The van der Waals surface area contributed by atoms with E-state index in [0.717, 1.165) is 19.1 Å². The SMILES string of the molecule is CC[C@H](C)[C@H](NC(=O)[C@H](CCC(=O)O)NC(=O)[C@H](CCC(=O)O)NC(=O)[C@H](Cc1ccc(P(=O)(O)O)cc1)NC(C)=O)C(=O)N[C@@H](CCC(=O)O)C(=O)O. The van der Waals surface area contributed by atoms with Crippen molar-refractivity contribution < 1.29 is 77.9 Å². The summed E-state index contributed by atoms with van der Waals surface area (Å²) in [7, 11) is -4.59. The number of amides is 5. The number of rotatable bonds is 24. The topological polar surface area (TPSA) is 352 Å². The third-order valence-corrected chi connectivity index (χ3v) is 8.99. The summed E-state index contributed by atoms with van der Waals surface area (Å²) >= 11 is 0. The fraction of sp³-hybridized carbons (Fsp3) is 0.531. The van der Waals surface area contributed by atoms with Crippen LogP contribution in [0.1, 0.15) is 71.3 Å². The third kappa shape index (κ3) is 17.0. The molecule has 300 valence electrons. The number of carboxylic acids is 4. The summed E-state index contributed by atoms with van der Waals surface area (Å²) in [6, 6.07) is -3.04. The average Bonchev–Trinajstić information content (AvgIpc) is 3.07. The number of nitrogens with one attached hydrogen (secondary N) is 5. The van der Waals surface area contributed by atoms with Crippen LogP contribution in [-0.4, -0.2) is 114 Å². The molecule has 0 heterocycles. The van der Waals surface area contributed by atoms with Gasteiger partial charge in [-0.3, -0.25) is 42.9 Å². The number of hydrogen-bond donors (Lipinski definition) is 11. The van der Waals surface area contributed by atoms with Crippen LogP contribution in [0.25, 0.3) is 0 Å². The minimum atomic E-state index is -4.59. The highest BCUT2D eigenvalue weighted by Gasteiger charge is 2.34. The van der Waals surface area contributed by atoms with E-state index in [0.29, 0.717) is 5.56 Å². The molecule has 11 N–H and O–H groups in total. The molecule has 1 rings (SSSR count). The third-order valence-electron chi connectivity index (χ3n) is 8.02. The molecule has 0 fully saturated rings. The van der Waals surface area contributed by atoms with Crippen molar-refractivity contribution in [3.05, 3.63) is 29.8 Å². The standard InChI is InChI=1S/C32H46N5O16P/c1-4-16(2)27(31(48)36-22(32(49)50)11-14-26(43)44)37-29(46)21(10-13-25(41)42)34-28(45)20(9-12-24(39)40)35-30(47)23(33-17(3)38)15-18-5-7-19(8-6-18)54(51,52)53/h5-8,16,20-23,27H,4,9-15H2,1-3H3,(H,33,38)(H,34,45)(H,35,47)(H,36,48)(H,37,46)(H,39,40)(H,41,42)(H,43,44)(H,49,50)(H2,51,52,53)/t16-,20-,21-,22-,23-,27-/m0/s1. The molecule has 0 aromatic heterocycles. The van der Waals surface area contributed by atoms with Gasteiger partial charge in [0.15, 0.2) is 0 Å². The lowest BCUT2D eigenvalue weighted by molar-refractivity contribution is -0.144. The predicted octanol–water partition coefficient (Wildman–Crippen LogP) is -1.80. The number of hydrogen-bond acceptors (Lipinski definition) is 10. The Balaban J connectivity index is 3.36. The smallest absolute Gasteiger partial charge is 0.356 e. The minimum Gasteiger partial charge on any atom is -0.481 e. The second kappa shape index (κ2) is 22.0. The van der Waals surface area contributed by atoms with Crippen molar-refractivity contribution >= 4 is 66.3 Å². The molecule has 0 spiro atoms. The molecule has 0 saturated heterocycles. The first kappa shape index (κ1) is 46.6. The van der Waals surface area contributed by atoms with Crippen LogP contribution in [0.2, 0.25) is 0 Å². The molecule has 1 aromatic rings. The summed E-state index contributed by atoms with van der Waals surface area (Å²) in [4.78, 5) is 130. The Morgan fingerprint density at radius 3 is 1.41 bits per heavy atom. The zero-order valence-corrected chi connectivity index (χ0v) is 30.5. The zero-order chi connectivity index (χ0) is 41.3. The van der Waals surface area contributed by atoms with Gasteiger partial charge in [0.25, 0.3) is 0 Å². The van der Waals surface area contributed by atoms with E-state index in [1.807, 2.05) is 0 Å². The molecule has 21 nitrogen and oxygen atoms in total. The second-order valence-corrected chi connectivity index (χ2v) is 14.0. The Bertz CT molecular complexity index is 1600. The van der Waals surface area contributed by atoms with Crippen LogP contribution >= 0.6 is 7.60 Å². The zero-order valence-electron chi connectivity index (χ0n) is 29.6. The van der Waals surface area contributed by atoms with Crippen LogP contribution in [0.15, 0.2) is 24.3 Å². The first-order chi connectivity index (χ1) is 25.0. The van der Waals surface area contributed by atoms with Gasteiger partial charge in [0.1, 0.15) is 30.2 Å². The lowest BCUT2D eigenvalue weighted by atomic mass is 9.96. The Hall–Kier alpha value is -5.40. The average molecular weight is 788 g/mol. The number of aliphatic carboxylic acids is 4. The molecule has 0 unspecified atom stereocenters. The van der Waals surface area contributed by atoms with Gasteiger partial charge in [0.05, 0.1) is 5.30 Å². The highest BCUT2D eigenvalue weighted by Crippen LogP contribution is 2.32.